The molecule has 0 aliphatic carbocycles. The molecule has 1 amide bonds. The number of fused-ring (bicyclic) bond motifs is 3. The lowest BCUT2D eigenvalue weighted by Gasteiger charge is -2.14. The van der Waals surface area contributed by atoms with Gasteiger partial charge < -0.3 is 20.5 Å². The fraction of sp³-hybridized carbons (Fsp3) is 0.133. The Hall–Kier alpha value is -2.90. The molecule has 4 rings (SSSR count). The fourth-order valence-electron chi connectivity index (χ4n) is 2.87. The standard InChI is InChI=1S/C15H9F3N2O3/c16-7-3-1-2-6(4-7)12-10-8(19)5-9-13(11(10)14(21)20-12)23-15(17,18)22-9/h1-5,12H,19H2,(H,20,21). The van der Waals surface area contributed by atoms with Crippen LogP contribution in [0, 0.1) is 5.82 Å². The number of carbonyl (C=O) groups excluding carboxylic acids is 1. The smallest absolute Gasteiger partial charge is 0.398 e. The molecule has 1 atom stereocenters. The minimum Gasteiger partial charge on any atom is -0.398 e. The third-order valence-corrected chi connectivity index (χ3v) is 3.74. The predicted molar refractivity (Wildman–Crippen MR) is 72.8 cm³/mol. The zero-order valence-electron chi connectivity index (χ0n) is 11.4. The Bertz CT molecular complexity index is 854. The second kappa shape index (κ2) is 4.31. The molecule has 0 spiro atoms. The molecule has 3 N–H and O–H groups in total. The Morgan fingerprint density at radius 3 is 2.74 bits per heavy atom. The first-order valence-corrected chi connectivity index (χ1v) is 6.64. The largest absolute Gasteiger partial charge is 0.586 e. The summed E-state index contributed by atoms with van der Waals surface area (Å²) >= 11 is 0. The second-order valence-corrected chi connectivity index (χ2v) is 5.21. The molecule has 0 saturated heterocycles. The first-order valence-electron chi connectivity index (χ1n) is 6.64. The first-order chi connectivity index (χ1) is 10.9. The van der Waals surface area contributed by atoms with Gasteiger partial charge in [-0.3, -0.25) is 4.79 Å². The van der Waals surface area contributed by atoms with Gasteiger partial charge in [0.2, 0.25) is 0 Å². The summed E-state index contributed by atoms with van der Waals surface area (Å²) in [6, 6.07) is 5.98. The van der Waals surface area contributed by atoms with Crippen molar-refractivity contribution < 1.29 is 27.4 Å². The molecule has 0 radical (unpaired) electrons. The Morgan fingerprint density at radius 1 is 1.22 bits per heavy atom. The number of nitrogens with two attached hydrogens (primary N) is 1. The topological polar surface area (TPSA) is 73.6 Å². The van der Waals surface area contributed by atoms with Crippen molar-refractivity contribution in [2.75, 3.05) is 5.73 Å². The first kappa shape index (κ1) is 13.7. The lowest BCUT2D eigenvalue weighted by atomic mass is 9.96. The number of alkyl halides is 2. The van der Waals surface area contributed by atoms with E-state index in [4.69, 9.17) is 5.73 Å². The van der Waals surface area contributed by atoms with Gasteiger partial charge in [-0.1, -0.05) is 12.1 Å². The van der Waals surface area contributed by atoms with Crippen molar-refractivity contribution in [1.29, 1.82) is 0 Å². The van der Waals surface area contributed by atoms with Gasteiger partial charge in [0.25, 0.3) is 5.91 Å². The Balaban J connectivity index is 1.90. The molecule has 5 nitrogen and oxygen atoms in total. The normalized spacial score (nSPS) is 20.3. The van der Waals surface area contributed by atoms with E-state index in [-0.39, 0.29) is 28.3 Å². The van der Waals surface area contributed by atoms with Crippen molar-refractivity contribution in [3.63, 3.8) is 0 Å². The van der Waals surface area contributed by atoms with Crippen LogP contribution in [0.3, 0.4) is 0 Å². The minimum absolute atomic E-state index is 0.0765. The lowest BCUT2D eigenvalue weighted by molar-refractivity contribution is -0.286. The predicted octanol–water partition coefficient (Wildman–Crippen LogP) is 2.56. The van der Waals surface area contributed by atoms with E-state index in [1.54, 1.807) is 6.07 Å². The molecule has 0 saturated carbocycles. The highest BCUT2D eigenvalue weighted by atomic mass is 19.3. The molecule has 8 heteroatoms. The van der Waals surface area contributed by atoms with Gasteiger partial charge in [0, 0.05) is 17.3 Å². The Labute approximate surface area is 127 Å². The van der Waals surface area contributed by atoms with E-state index in [0.29, 0.717) is 5.56 Å². The van der Waals surface area contributed by atoms with Crippen molar-refractivity contribution in [1.82, 2.24) is 5.32 Å². The average molecular weight is 322 g/mol. The monoisotopic (exact) mass is 322 g/mol. The van der Waals surface area contributed by atoms with Crippen LogP contribution in [0.15, 0.2) is 30.3 Å². The van der Waals surface area contributed by atoms with Crippen LogP contribution in [-0.2, 0) is 0 Å². The van der Waals surface area contributed by atoms with Crippen molar-refractivity contribution in [2.45, 2.75) is 12.3 Å². The number of hydrogen-bond acceptors (Lipinski definition) is 4. The zero-order chi connectivity index (χ0) is 16.4. The maximum absolute atomic E-state index is 13.4. The van der Waals surface area contributed by atoms with E-state index in [0.717, 1.165) is 0 Å². The Morgan fingerprint density at radius 2 is 2.00 bits per heavy atom. The number of anilines is 1. The molecule has 0 fully saturated rings. The molecular formula is C15H9F3N2O3. The van der Waals surface area contributed by atoms with Crippen LogP contribution >= 0.6 is 0 Å². The van der Waals surface area contributed by atoms with Crippen molar-refractivity contribution in [3.8, 4) is 11.5 Å². The molecule has 2 heterocycles. The quantitative estimate of drug-likeness (QED) is 0.792. The van der Waals surface area contributed by atoms with E-state index in [9.17, 15) is 18.0 Å². The summed E-state index contributed by atoms with van der Waals surface area (Å²) in [5.41, 5.74) is 6.56. The number of amides is 1. The molecule has 0 bridgehead atoms. The second-order valence-electron chi connectivity index (χ2n) is 5.21. The maximum atomic E-state index is 13.4. The van der Waals surface area contributed by atoms with Gasteiger partial charge in [-0.15, -0.1) is 8.78 Å². The number of nitrogens with one attached hydrogen (secondary N) is 1. The number of nitrogen functional groups attached to an aromatic ring is 1. The molecule has 2 aliphatic heterocycles. The zero-order valence-corrected chi connectivity index (χ0v) is 11.4. The van der Waals surface area contributed by atoms with Gasteiger partial charge in [-0.05, 0) is 17.7 Å². The molecule has 2 aliphatic rings. The number of hydrogen-bond donors (Lipinski definition) is 2. The van der Waals surface area contributed by atoms with Crippen LogP contribution in [0.5, 0.6) is 11.5 Å². The van der Waals surface area contributed by atoms with Gasteiger partial charge in [0.15, 0.2) is 11.5 Å². The Kier molecular flexibility index (Phi) is 2.58. The molecule has 1 unspecified atom stereocenters. The van der Waals surface area contributed by atoms with E-state index in [2.05, 4.69) is 14.8 Å². The average Bonchev–Trinajstić information content (AvgIpc) is 2.95. The van der Waals surface area contributed by atoms with Crippen LogP contribution in [-0.4, -0.2) is 12.2 Å². The van der Waals surface area contributed by atoms with Gasteiger partial charge in [0.1, 0.15) is 5.82 Å². The molecule has 0 aromatic heterocycles. The third kappa shape index (κ3) is 1.98. The van der Waals surface area contributed by atoms with Crippen LogP contribution < -0.4 is 20.5 Å². The number of halogens is 3. The summed E-state index contributed by atoms with van der Waals surface area (Å²) in [6.45, 7) is 0. The summed E-state index contributed by atoms with van der Waals surface area (Å²) in [5, 5.41) is 2.59. The third-order valence-electron chi connectivity index (χ3n) is 3.74. The van der Waals surface area contributed by atoms with Crippen molar-refractivity contribution >= 4 is 11.6 Å². The summed E-state index contributed by atoms with van der Waals surface area (Å²) < 4.78 is 48.7. The fourth-order valence-corrected chi connectivity index (χ4v) is 2.87. The van der Waals surface area contributed by atoms with Gasteiger partial charge in [-0.25, -0.2) is 4.39 Å². The van der Waals surface area contributed by atoms with Crippen molar-refractivity contribution in [3.05, 3.63) is 52.8 Å². The summed E-state index contributed by atoms with van der Waals surface area (Å²) in [7, 11) is 0. The number of carbonyl (C=O) groups is 1. The van der Waals surface area contributed by atoms with Crippen LogP contribution in [0.25, 0.3) is 0 Å². The molecular weight excluding hydrogens is 313 g/mol. The van der Waals surface area contributed by atoms with Gasteiger partial charge in [-0.2, -0.15) is 0 Å². The van der Waals surface area contributed by atoms with E-state index >= 15 is 0 Å². The summed E-state index contributed by atoms with van der Waals surface area (Å²) in [5.74, 6) is -1.80. The summed E-state index contributed by atoms with van der Waals surface area (Å²) in [4.78, 5) is 12.2. The summed E-state index contributed by atoms with van der Waals surface area (Å²) in [6.07, 6.45) is -3.86. The highest BCUT2D eigenvalue weighted by Crippen LogP contribution is 2.50. The minimum atomic E-state index is -3.86. The van der Waals surface area contributed by atoms with Crippen LogP contribution in [0.2, 0.25) is 0 Å². The van der Waals surface area contributed by atoms with Gasteiger partial charge in [0.05, 0.1) is 11.6 Å². The lowest BCUT2D eigenvalue weighted by Crippen LogP contribution is -2.26. The van der Waals surface area contributed by atoms with Crippen LogP contribution in [0.1, 0.15) is 27.5 Å². The molecule has 2 aromatic rings. The van der Waals surface area contributed by atoms with E-state index in [1.807, 2.05) is 0 Å². The number of rotatable bonds is 1. The SMILES string of the molecule is Nc1cc2c(c3c1C(c1cccc(F)c1)NC3=O)OC(F)(F)O2. The molecule has 118 valence electrons. The van der Waals surface area contributed by atoms with Gasteiger partial charge >= 0.3 is 6.29 Å². The van der Waals surface area contributed by atoms with Crippen LogP contribution in [0.4, 0.5) is 18.9 Å². The maximum Gasteiger partial charge on any atom is 0.586 e. The highest BCUT2D eigenvalue weighted by Gasteiger charge is 2.48. The molecule has 2 aromatic carbocycles. The van der Waals surface area contributed by atoms with Crippen molar-refractivity contribution in [2.24, 2.45) is 0 Å². The number of ether oxygens (including phenoxy) is 2. The van der Waals surface area contributed by atoms with E-state index < -0.39 is 24.1 Å². The highest BCUT2D eigenvalue weighted by molar-refractivity contribution is 6.05. The molecule has 23 heavy (non-hydrogen) atoms. The number of benzene rings is 2. The van der Waals surface area contributed by atoms with E-state index in [1.165, 1.54) is 24.3 Å².